The molecule has 0 aromatic heterocycles. The maximum Gasteiger partial charge on any atom is 0.239 e. The van der Waals surface area contributed by atoms with E-state index < -0.39 is 0 Å². The Labute approximate surface area is 130 Å². The second-order valence-corrected chi connectivity index (χ2v) is 5.98. The van der Waals surface area contributed by atoms with E-state index in [9.17, 15) is 9.59 Å². The summed E-state index contributed by atoms with van der Waals surface area (Å²) in [6.45, 7) is 3.86. The van der Waals surface area contributed by atoms with Crippen molar-refractivity contribution in [2.45, 2.75) is 24.8 Å². The maximum atomic E-state index is 12.0. The highest BCUT2D eigenvalue weighted by Crippen LogP contribution is 2.21. The van der Waals surface area contributed by atoms with E-state index in [-0.39, 0.29) is 24.4 Å². The third-order valence-electron chi connectivity index (χ3n) is 2.68. The first kappa shape index (κ1) is 17.4. The number of hydrogen-bond acceptors (Lipinski definition) is 4. The number of carbonyl (C=O) groups is 2. The van der Waals surface area contributed by atoms with E-state index in [0.717, 1.165) is 10.6 Å². The number of thioether (sulfide) groups is 1. The van der Waals surface area contributed by atoms with Crippen LogP contribution >= 0.6 is 11.8 Å². The first-order chi connectivity index (χ1) is 9.92. The molecule has 0 saturated carbocycles. The van der Waals surface area contributed by atoms with Gasteiger partial charge in [-0.2, -0.15) is 0 Å². The number of methoxy groups -OCH3 is 1. The van der Waals surface area contributed by atoms with Gasteiger partial charge in [0.2, 0.25) is 11.8 Å². The molecule has 0 aliphatic rings. The molecule has 0 radical (unpaired) electrons. The van der Waals surface area contributed by atoms with Gasteiger partial charge in [-0.05, 0) is 38.1 Å². The summed E-state index contributed by atoms with van der Waals surface area (Å²) in [5, 5.41) is 2.76. The zero-order valence-corrected chi connectivity index (χ0v) is 13.7. The summed E-state index contributed by atoms with van der Waals surface area (Å²) in [5.41, 5.74) is 0. The highest BCUT2D eigenvalue weighted by Gasteiger charge is 2.13. The molecule has 0 aliphatic carbocycles. The Hall–Kier alpha value is -1.69. The number of nitrogens with zero attached hydrogens (tertiary/aromatic N) is 1. The van der Waals surface area contributed by atoms with Gasteiger partial charge in [0.15, 0.2) is 0 Å². The topological polar surface area (TPSA) is 58.6 Å². The molecule has 1 rings (SSSR count). The van der Waals surface area contributed by atoms with Gasteiger partial charge in [-0.3, -0.25) is 9.59 Å². The van der Waals surface area contributed by atoms with Gasteiger partial charge in [0.25, 0.3) is 0 Å². The van der Waals surface area contributed by atoms with Gasteiger partial charge in [-0.15, -0.1) is 11.8 Å². The average molecular weight is 310 g/mol. The number of nitrogens with one attached hydrogen (secondary N) is 1. The number of amides is 2. The van der Waals surface area contributed by atoms with Crippen LogP contribution in [0.15, 0.2) is 29.2 Å². The molecule has 0 atom stereocenters. The van der Waals surface area contributed by atoms with E-state index >= 15 is 0 Å². The fraction of sp³-hybridized carbons (Fsp3) is 0.467. The smallest absolute Gasteiger partial charge is 0.239 e. The molecule has 21 heavy (non-hydrogen) atoms. The highest BCUT2D eigenvalue weighted by molar-refractivity contribution is 8.00. The Kier molecular flexibility index (Phi) is 7.08. The minimum Gasteiger partial charge on any atom is -0.497 e. The van der Waals surface area contributed by atoms with Gasteiger partial charge in [-0.25, -0.2) is 0 Å². The second kappa shape index (κ2) is 8.56. The largest absolute Gasteiger partial charge is 0.497 e. The van der Waals surface area contributed by atoms with Crippen LogP contribution in [0.3, 0.4) is 0 Å². The molecule has 0 spiro atoms. The Morgan fingerprint density at radius 1 is 1.29 bits per heavy atom. The molecule has 0 fully saturated rings. The zero-order chi connectivity index (χ0) is 15.8. The monoisotopic (exact) mass is 310 g/mol. The van der Waals surface area contributed by atoms with Gasteiger partial charge in [0.05, 0.1) is 19.4 Å². The van der Waals surface area contributed by atoms with Crippen LogP contribution < -0.4 is 10.1 Å². The van der Waals surface area contributed by atoms with E-state index in [2.05, 4.69) is 5.32 Å². The van der Waals surface area contributed by atoms with Crippen molar-refractivity contribution in [2.24, 2.45) is 0 Å². The number of carbonyl (C=O) groups excluding carboxylic acids is 2. The predicted octanol–water partition coefficient (Wildman–Crippen LogP) is 1.77. The molecule has 116 valence electrons. The SMILES string of the molecule is COc1ccc(SCC(=O)N(C)CC(=O)NC(C)C)cc1. The second-order valence-electron chi connectivity index (χ2n) is 4.94. The molecule has 6 heteroatoms. The van der Waals surface area contributed by atoms with Gasteiger partial charge in [0, 0.05) is 18.0 Å². The molecule has 5 nitrogen and oxygen atoms in total. The van der Waals surface area contributed by atoms with E-state index in [0.29, 0.717) is 5.75 Å². The molecule has 0 saturated heterocycles. The molecule has 0 unspecified atom stereocenters. The van der Waals surface area contributed by atoms with Gasteiger partial charge in [0.1, 0.15) is 5.75 Å². The van der Waals surface area contributed by atoms with E-state index in [1.807, 2.05) is 38.1 Å². The fourth-order valence-electron chi connectivity index (χ4n) is 1.60. The van der Waals surface area contributed by atoms with Gasteiger partial charge < -0.3 is 15.0 Å². The van der Waals surface area contributed by atoms with Crippen LogP contribution in [0.2, 0.25) is 0 Å². The Balaban J connectivity index is 2.39. The van der Waals surface area contributed by atoms with E-state index in [1.54, 1.807) is 14.2 Å². The molecule has 0 aliphatic heterocycles. The molecule has 1 aromatic carbocycles. The number of hydrogen-bond donors (Lipinski definition) is 1. The summed E-state index contributed by atoms with van der Waals surface area (Å²) in [5.74, 6) is 0.871. The Bertz CT molecular complexity index is 474. The van der Waals surface area contributed by atoms with Crippen molar-refractivity contribution in [3.63, 3.8) is 0 Å². The lowest BCUT2D eigenvalue weighted by atomic mass is 10.3. The van der Waals surface area contributed by atoms with Crippen molar-refractivity contribution in [1.29, 1.82) is 0 Å². The Morgan fingerprint density at radius 3 is 2.43 bits per heavy atom. The molecule has 0 heterocycles. The van der Waals surface area contributed by atoms with E-state index in [1.165, 1.54) is 16.7 Å². The molecule has 1 aromatic rings. The minimum absolute atomic E-state index is 0.0743. The average Bonchev–Trinajstić information content (AvgIpc) is 2.44. The number of benzene rings is 1. The molecular formula is C15H22N2O3S. The predicted molar refractivity (Wildman–Crippen MR) is 84.6 cm³/mol. The molecule has 2 amide bonds. The van der Waals surface area contributed by atoms with Crippen LogP contribution in [0.25, 0.3) is 0 Å². The lowest BCUT2D eigenvalue weighted by Gasteiger charge is -2.17. The van der Waals surface area contributed by atoms with Crippen molar-refractivity contribution >= 4 is 23.6 Å². The highest BCUT2D eigenvalue weighted by atomic mass is 32.2. The first-order valence-corrected chi connectivity index (χ1v) is 7.71. The zero-order valence-electron chi connectivity index (χ0n) is 12.9. The fourth-order valence-corrected chi connectivity index (χ4v) is 2.44. The summed E-state index contributed by atoms with van der Waals surface area (Å²) < 4.78 is 5.08. The number of likely N-dealkylation sites (N-methyl/N-ethyl adjacent to an activating group) is 1. The van der Waals surface area contributed by atoms with Gasteiger partial charge in [-0.1, -0.05) is 0 Å². The Morgan fingerprint density at radius 2 is 1.90 bits per heavy atom. The summed E-state index contributed by atoms with van der Waals surface area (Å²) in [4.78, 5) is 26.0. The molecule has 1 N–H and O–H groups in total. The number of rotatable bonds is 7. The lowest BCUT2D eigenvalue weighted by molar-refractivity contribution is -0.132. The lowest BCUT2D eigenvalue weighted by Crippen LogP contribution is -2.41. The standard InChI is InChI=1S/C15H22N2O3S/c1-11(2)16-14(18)9-17(3)15(19)10-21-13-7-5-12(20-4)6-8-13/h5-8,11H,9-10H2,1-4H3,(H,16,18). The van der Waals surface area contributed by atoms with Crippen molar-refractivity contribution in [1.82, 2.24) is 10.2 Å². The third-order valence-corrected chi connectivity index (χ3v) is 3.67. The summed E-state index contributed by atoms with van der Waals surface area (Å²) >= 11 is 1.44. The van der Waals surface area contributed by atoms with Crippen molar-refractivity contribution < 1.29 is 14.3 Å². The summed E-state index contributed by atoms with van der Waals surface area (Å²) in [7, 11) is 3.25. The van der Waals surface area contributed by atoms with Crippen LogP contribution in [0.1, 0.15) is 13.8 Å². The number of ether oxygens (including phenoxy) is 1. The third kappa shape index (κ3) is 6.53. The van der Waals surface area contributed by atoms with Crippen molar-refractivity contribution in [3.05, 3.63) is 24.3 Å². The summed E-state index contributed by atoms with van der Waals surface area (Å²) in [6.07, 6.45) is 0. The van der Waals surface area contributed by atoms with Crippen LogP contribution in [0.4, 0.5) is 0 Å². The van der Waals surface area contributed by atoms with Crippen LogP contribution in [0, 0.1) is 0 Å². The normalized spacial score (nSPS) is 10.3. The van der Waals surface area contributed by atoms with Crippen LogP contribution in [0.5, 0.6) is 5.75 Å². The molecular weight excluding hydrogens is 288 g/mol. The summed E-state index contributed by atoms with van der Waals surface area (Å²) in [6, 6.07) is 7.60. The minimum atomic E-state index is -0.143. The molecule has 0 bridgehead atoms. The van der Waals surface area contributed by atoms with Crippen LogP contribution in [-0.4, -0.2) is 49.2 Å². The maximum absolute atomic E-state index is 12.0. The van der Waals surface area contributed by atoms with Crippen LogP contribution in [-0.2, 0) is 9.59 Å². The quantitative estimate of drug-likeness (QED) is 0.780. The van der Waals surface area contributed by atoms with Crippen molar-refractivity contribution in [3.8, 4) is 5.75 Å². The first-order valence-electron chi connectivity index (χ1n) is 6.72. The van der Waals surface area contributed by atoms with E-state index in [4.69, 9.17) is 4.74 Å². The van der Waals surface area contributed by atoms with Crippen molar-refractivity contribution in [2.75, 3.05) is 26.5 Å². The van der Waals surface area contributed by atoms with Gasteiger partial charge >= 0.3 is 0 Å².